The highest BCUT2D eigenvalue weighted by molar-refractivity contribution is 6.05. The van der Waals surface area contributed by atoms with Gasteiger partial charge in [0.25, 0.3) is 11.8 Å². The lowest BCUT2D eigenvalue weighted by molar-refractivity contribution is -0.123. The summed E-state index contributed by atoms with van der Waals surface area (Å²) in [6, 6.07) is 11.1. The van der Waals surface area contributed by atoms with Crippen molar-refractivity contribution in [3.63, 3.8) is 0 Å². The molecule has 0 aliphatic heterocycles. The molecule has 144 valence electrons. The van der Waals surface area contributed by atoms with Gasteiger partial charge in [-0.25, -0.2) is 0 Å². The lowest BCUT2D eigenvalue weighted by atomic mass is 10.1. The van der Waals surface area contributed by atoms with E-state index in [4.69, 9.17) is 4.74 Å². The Kier molecular flexibility index (Phi) is 6.57. The number of amides is 2. The number of hydrogen-bond donors (Lipinski definition) is 2. The van der Waals surface area contributed by atoms with Crippen LogP contribution >= 0.6 is 0 Å². The summed E-state index contributed by atoms with van der Waals surface area (Å²) in [4.78, 5) is 24.3. The third-order valence-corrected chi connectivity index (χ3v) is 3.72. The maximum absolute atomic E-state index is 12.4. The van der Waals surface area contributed by atoms with Crippen LogP contribution < -0.4 is 10.6 Å². The van der Waals surface area contributed by atoms with Crippen molar-refractivity contribution in [2.75, 3.05) is 19.0 Å². The van der Waals surface area contributed by atoms with E-state index in [9.17, 15) is 22.8 Å². The second-order valence-electron chi connectivity index (χ2n) is 5.91. The minimum Gasteiger partial charge on any atom is -0.380 e. The Morgan fingerprint density at radius 2 is 1.63 bits per heavy atom. The maximum Gasteiger partial charge on any atom is 0.405 e. The van der Waals surface area contributed by atoms with E-state index < -0.39 is 24.5 Å². The van der Waals surface area contributed by atoms with Crippen LogP contribution in [0.15, 0.2) is 42.5 Å². The molecule has 5 nitrogen and oxygen atoms in total. The number of carbonyl (C=O) groups excluding carboxylic acids is 2. The van der Waals surface area contributed by atoms with Gasteiger partial charge in [0.2, 0.25) is 0 Å². The van der Waals surface area contributed by atoms with Crippen molar-refractivity contribution in [3.05, 3.63) is 64.7 Å². The fourth-order valence-corrected chi connectivity index (χ4v) is 2.29. The number of benzene rings is 2. The van der Waals surface area contributed by atoms with Gasteiger partial charge >= 0.3 is 6.18 Å². The molecule has 0 heterocycles. The Morgan fingerprint density at radius 1 is 1.00 bits per heavy atom. The molecule has 2 aromatic rings. The monoisotopic (exact) mass is 380 g/mol. The largest absolute Gasteiger partial charge is 0.405 e. The third-order valence-electron chi connectivity index (χ3n) is 3.72. The predicted octanol–water partition coefficient (Wildman–Crippen LogP) is 3.69. The second-order valence-corrected chi connectivity index (χ2v) is 5.91. The van der Waals surface area contributed by atoms with E-state index in [1.54, 1.807) is 49.7 Å². The molecule has 8 heteroatoms. The van der Waals surface area contributed by atoms with Crippen LogP contribution in [0.3, 0.4) is 0 Å². The van der Waals surface area contributed by atoms with Crippen LogP contribution in [-0.4, -0.2) is 31.6 Å². The van der Waals surface area contributed by atoms with Gasteiger partial charge in [0.15, 0.2) is 0 Å². The summed E-state index contributed by atoms with van der Waals surface area (Å²) >= 11 is 0. The zero-order valence-corrected chi connectivity index (χ0v) is 14.8. The van der Waals surface area contributed by atoms with Gasteiger partial charge in [-0.3, -0.25) is 9.59 Å². The first-order valence-corrected chi connectivity index (χ1v) is 8.04. The number of ether oxygens (including phenoxy) is 1. The minimum absolute atomic E-state index is 0.0237. The molecule has 2 aromatic carbocycles. The van der Waals surface area contributed by atoms with Crippen LogP contribution in [0.25, 0.3) is 0 Å². The molecular weight excluding hydrogens is 361 g/mol. The van der Waals surface area contributed by atoms with Gasteiger partial charge in [0.1, 0.15) is 6.54 Å². The molecule has 2 N–H and O–H groups in total. The second kappa shape index (κ2) is 8.68. The molecule has 0 bridgehead atoms. The van der Waals surface area contributed by atoms with Crippen LogP contribution in [0.2, 0.25) is 0 Å². The van der Waals surface area contributed by atoms with E-state index in [2.05, 4.69) is 5.32 Å². The molecule has 0 aromatic heterocycles. The standard InChI is InChI=1S/C19H19F3N2O3/c1-12-3-6-15(17(25)23-11-19(20,21)22)9-16(12)24-18(26)14-7-4-13(5-8-14)10-27-2/h3-9H,10-11H2,1-2H3,(H,23,25)(H,24,26). The molecule has 0 atom stereocenters. The van der Waals surface area contributed by atoms with E-state index in [0.29, 0.717) is 23.4 Å². The predicted molar refractivity (Wildman–Crippen MR) is 94.7 cm³/mol. The van der Waals surface area contributed by atoms with E-state index in [0.717, 1.165) is 5.56 Å². The zero-order valence-electron chi connectivity index (χ0n) is 14.8. The topological polar surface area (TPSA) is 67.4 Å². The molecule has 2 rings (SSSR count). The van der Waals surface area contributed by atoms with Crippen molar-refractivity contribution < 1.29 is 27.5 Å². The third kappa shape index (κ3) is 6.10. The number of anilines is 1. The molecule has 0 aliphatic carbocycles. The molecule has 0 radical (unpaired) electrons. The van der Waals surface area contributed by atoms with Crippen molar-refractivity contribution in [1.82, 2.24) is 5.32 Å². The summed E-state index contributed by atoms with van der Waals surface area (Å²) in [6.07, 6.45) is -4.49. The first kappa shape index (κ1) is 20.4. The maximum atomic E-state index is 12.4. The number of hydrogen-bond acceptors (Lipinski definition) is 3. The van der Waals surface area contributed by atoms with Crippen molar-refractivity contribution >= 4 is 17.5 Å². The fourth-order valence-electron chi connectivity index (χ4n) is 2.29. The first-order chi connectivity index (χ1) is 12.7. The molecule has 0 fully saturated rings. The summed E-state index contributed by atoms with van der Waals surface area (Å²) in [5.74, 6) is -1.26. The Hall–Kier alpha value is -2.87. The molecule has 27 heavy (non-hydrogen) atoms. The molecule has 0 saturated carbocycles. The molecule has 2 amide bonds. The fraction of sp³-hybridized carbons (Fsp3) is 0.263. The van der Waals surface area contributed by atoms with Crippen molar-refractivity contribution in [2.24, 2.45) is 0 Å². The van der Waals surface area contributed by atoms with Crippen LogP contribution in [-0.2, 0) is 11.3 Å². The van der Waals surface area contributed by atoms with Gasteiger partial charge in [0.05, 0.1) is 6.61 Å². The molecule has 0 unspecified atom stereocenters. The summed E-state index contributed by atoms with van der Waals surface area (Å²) in [6.45, 7) is 0.722. The van der Waals surface area contributed by atoms with Gasteiger partial charge in [-0.15, -0.1) is 0 Å². The Labute approximate surface area is 154 Å². The number of alkyl halides is 3. The van der Waals surface area contributed by atoms with Crippen LogP contribution in [0.5, 0.6) is 0 Å². The molecular formula is C19H19F3N2O3. The summed E-state index contributed by atoms with van der Waals surface area (Å²) in [7, 11) is 1.57. The van der Waals surface area contributed by atoms with Gasteiger partial charge in [0, 0.05) is 23.9 Å². The minimum atomic E-state index is -4.49. The van der Waals surface area contributed by atoms with Crippen LogP contribution in [0, 0.1) is 6.92 Å². The Bertz CT molecular complexity index is 818. The first-order valence-electron chi connectivity index (χ1n) is 8.04. The zero-order chi connectivity index (χ0) is 20.0. The Morgan fingerprint density at radius 3 is 2.22 bits per heavy atom. The normalized spacial score (nSPS) is 11.1. The van der Waals surface area contributed by atoms with Gasteiger partial charge in [-0.2, -0.15) is 13.2 Å². The highest BCUT2D eigenvalue weighted by Crippen LogP contribution is 2.19. The average Bonchev–Trinajstić information content (AvgIpc) is 2.61. The van der Waals surface area contributed by atoms with E-state index in [1.807, 2.05) is 0 Å². The van der Waals surface area contributed by atoms with Gasteiger partial charge in [-0.1, -0.05) is 18.2 Å². The van der Waals surface area contributed by atoms with E-state index in [-0.39, 0.29) is 5.56 Å². The van der Waals surface area contributed by atoms with Crippen LogP contribution in [0.1, 0.15) is 31.8 Å². The van der Waals surface area contributed by atoms with E-state index in [1.165, 1.54) is 12.1 Å². The lowest BCUT2D eigenvalue weighted by Crippen LogP contribution is -2.33. The molecule has 0 aliphatic rings. The number of carbonyl (C=O) groups is 2. The number of halogens is 3. The number of rotatable bonds is 6. The highest BCUT2D eigenvalue weighted by Gasteiger charge is 2.28. The number of nitrogens with one attached hydrogen (secondary N) is 2. The van der Waals surface area contributed by atoms with E-state index >= 15 is 0 Å². The van der Waals surface area contributed by atoms with Crippen molar-refractivity contribution in [1.29, 1.82) is 0 Å². The smallest absolute Gasteiger partial charge is 0.380 e. The average molecular weight is 380 g/mol. The summed E-state index contributed by atoms with van der Waals surface area (Å²) in [5, 5.41) is 4.47. The Balaban J connectivity index is 2.11. The van der Waals surface area contributed by atoms with Crippen LogP contribution in [0.4, 0.5) is 18.9 Å². The quantitative estimate of drug-likeness (QED) is 0.803. The van der Waals surface area contributed by atoms with Crippen molar-refractivity contribution in [2.45, 2.75) is 19.7 Å². The SMILES string of the molecule is COCc1ccc(C(=O)Nc2cc(C(=O)NCC(F)(F)F)ccc2C)cc1. The van der Waals surface area contributed by atoms with Gasteiger partial charge in [-0.05, 0) is 42.3 Å². The number of methoxy groups -OCH3 is 1. The van der Waals surface area contributed by atoms with Crippen molar-refractivity contribution in [3.8, 4) is 0 Å². The lowest BCUT2D eigenvalue weighted by Gasteiger charge is -2.12. The highest BCUT2D eigenvalue weighted by atomic mass is 19.4. The molecule has 0 saturated heterocycles. The number of aryl methyl sites for hydroxylation is 1. The summed E-state index contributed by atoms with van der Waals surface area (Å²) in [5.41, 5.74) is 2.36. The summed E-state index contributed by atoms with van der Waals surface area (Å²) < 4.78 is 41.7. The van der Waals surface area contributed by atoms with Gasteiger partial charge < -0.3 is 15.4 Å². The molecule has 0 spiro atoms.